The van der Waals surface area contributed by atoms with Gasteiger partial charge in [-0.3, -0.25) is 4.79 Å². The van der Waals surface area contributed by atoms with Crippen molar-refractivity contribution in [2.45, 2.75) is 58.4 Å². The molecule has 0 aliphatic heterocycles. The van der Waals surface area contributed by atoms with Gasteiger partial charge in [-0.05, 0) is 47.5 Å². The first-order chi connectivity index (χ1) is 13.5. The molecule has 0 radical (unpaired) electrons. The van der Waals surface area contributed by atoms with E-state index in [4.69, 9.17) is 4.74 Å². The molecule has 1 saturated carbocycles. The molecular weight excluding hydrogens is 354 g/mol. The number of nitrogens with zero attached hydrogens (tertiary/aromatic N) is 4. The standard InChI is InChI=1S/C21H27N5O2/c1-21(2,13-19-23-24-25-26(19)16-6-4-3-5-7-16)14-28-17-9-10-18-15(12-17)8-11-20(27)22-18/h8-12,16H,3-7,13-14H2,1-2H3,(H,22,27). The predicted molar refractivity (Wildman–Crippen MR) is 107 cm³/mol. The van der Waals surface area contributed by atoms with Gasteiger partial charge < -0.3 is 9.72 Å². The van der Waals surface area contributed by atoms with Gasteiger partial charge in [-0.25, -0.2) is 4.68 Å². The van der Waals surface area contributed by atoms with E-state index in [1.165, 1.54) is 25.3 Å². The fourth-order valence-electron chi connectivity index (χ4n) is 3.92. The average molecular weight is 381 g/mol. The molecule has 2 heterocycles. The molecule has 4 rings (SSSR count). The number of benzene rings is 1. The molecule has 0 saturated heterocycles. The second kappa shape index (κ2) is 7.73. The van der Waals surface area contributed by atoms with Crippen LogP contribution in [0.1, 0.15) is 57.8 Å². The smallest absolute Gasteiger partial charge is 0.248 e. The minimum absolute atomic E-state index is 0.0991. The predicted octanol–water partition coefficient (Wildman–Crippen LogP) is 3.67. The Hall–Kier alpha value is -2.70. The summed E-state index contributed by atoms with van der Waals surface area (Å²) in [4.78, 5) is 14.2. The van der Waals surface area contributed by atoms with Gasteiger partial charge in [0, 0.05) is 28.8 Å². The Kier molecular flexibility index (Phi) is 5.15. The molecule has 1 N–H and O–H groups in total. The fourth-order valence-corrected chi connectivity index (χ4v) is 3.92. The Morgan fingerprint density at radius 1 is 1.18 bits per heavy atom. The summed E-state index contributed by atoms with van der Waals surface area (Å²) in [5.41, 5.74) is 0.602. The number of hydrogen-bond acceptors (Lipinski definition) is 5. The highest BCUT2D eigenvalue weighted by Crippen LogP contribution is 2.30. The van der Waals surface area contributed by atoms with E-state index in [1.54, 1.807) is 0 Å². The zero-order valence-corrected chi connectivity index (χ0v) is 16.5. The molecule has 1 fully saturated rings. The van der Waals surface area contributed by atoms with E-state index in [1.807, 2.05) is 28.9 Å². The zero-order chi connectivity index (χ0) is 19.6. The van der Waals surface area contributed by atoms with Gasteiger partial charge in [0.2, 0.25) is 5.56 Å². The van der Waals surface area contributed by atoms with Crippen molar-refractivity contribution in [3.8, 4) is 5.75 Å². The Labute approximate surface area is 164 Å². The summed E-state index contributed by atoms with van der Waals surface area (Å²) in [5.74, 6) is 1.73. The molecule has 28 heavy (non-hydrogen) atoms. The number of pyridine rings is 1. The maximum Gasteiger partial charge on any atom is 0.248 e. The number of rotatable bonds is 6. The van der Waals surface area contributed by atoms with E-state index >= 15 is 0 Å². The Balaban J connectivity index is 1.43. The largest absolute Gasteiger partial charge is 0.493 e. The third-order valence-electron chi connectivity index (χ3n) is 5.44. The second-order valence-corrected chi connectivity index (χ2v) is 8.53. The average Bonchev–Trinajstić information content (AvgIpc) is 3.14. The molecule has 7 nitrogen and oxygen atoms in total. The molecule has 1 aromatic carbocycles. The summed E-state index contributed by atoms with van der Waals surface area (Å²) in [6.07, 6.45) is 6.90. The number of nitrogens with one attached hydrogen (secondary N) is 1. The molecule has 3 aromatic rings. The Morgan fingerprint density at radius 2 is 2.00 bits per heavy atom. The summed E-state index contributed by atoms with van der Waals surface area (Å²) in [7, 11) is 0. The third-order valence-corrected chi connectivity index (χ3v) is 5.44. The van der Waals surface area contributed by atoms with Crippen LogP contribution in [-0.2, 0) is 6.42 Å². The van der Waals surface area contributed by atoms with Gasteiger partial charge in [-0.2, -0.15) is 0 Å². The summed E-state index contributed by atoms with van der Waals surface area (Å²) >= 11 is 0. The van der Waals surface area contributed by atoms with Gasteiger partial charge in [-0.1, -0.05) is 33.1 Å². The maximum absolute atomic E-state index is 11.4. The first-order valence-electron chi connectivity index (χ1n) is 10.0. The minimum Gasteiger partial charge on any atom is -0.493 e. The van der Waals surface area contributed by atoms with E-state index in [0.29, 0.717) is 12.6 Å². The van der Waals surface area contributed by atoms with E-state index < -0.39 is 0 Å². The first kappa shape index (κ1) is 18.7. The number of fused-ring (bicyclic) bond motifs is 1. The molecule has 2 aromatic heterocycles. The quantitative estimate of drug-likeness (QED) is 0.704. The highest BCUT2D eigenvalue weighted by molar-refractivity contribution is 5.79. The lowest BCUT2D eigenvalue weighted by Crippen LogP contribution is -2.27. The summed E-state index contributed by atoms with van der Waals surface area (Å²) < 4.78 is 8.11. The lowest BCUT2D eigenvalue weighted by molar-refractivity contribution is 0.173. The first-order valence-corrected chi connectivity index (χ1v) is 10.0. The number of aromatic amines is 1. The van der Waals surface area contributed by atoms with Crippen LogP contribution in [-0.4, -0.2) is 31.8 Å². The number of hydrogen-bond donors (Lipinski definition) is 1. The SMILES string of the molecule is CC(C)(COc1ccc2[nH]c(=O)ccc2c1)Cc1nnnn1C1CCCCC1. The van der Waals surface area contributed by atoms with Crippen molar-refractivity contribution < 1.29 is 4.74 Å². The third kappa shape index (κ3) is 4.24. The lowest BCUT2D eigenvalue weighted by atomic mass is 9.89. The van der Waals surface area contributed by atoms with Crippen LogP contribution >= 0.6 is 0 Å². The summed E-state index contributed by atoms with van der Waals surface area (Å²) in [5, 5.41) is 13.5. The highest BCUT2D eigenvalue weighted by Gasteiger charge is 2.26. The molecule has 0 amide bonds. The van der Waals surface area contributed by atoms with Crippen molar-refractivity contribution in [1.82, 2.24) is 25.2 Å². The van der Waals surface area contributed by atoms with Crippen LogP contribution in [0.15, 0.2) is 35.1 Å². The van der Waals surface area contributed by atoms with E-state index in [2.05, 4.69) is 34.4 Å². The second-order valence-electron chi connectivity index (χ2n) is 8.53. The van der Waals surface area contributed by atoms with Crippen LogP contribution in [0.3, 0.4) is 0 Å². The molecule has 1 aliphatic rings. The summed E-state index contributed by atoms with van der Waals surface area (Å²) in [6.45, 7) is 4.90. The van der Waals surface area contributed by atoms with Crippen molar-refractivity contribution >= 4 is 10.9 Å². The number of aromatic nitrogens is 5. The molecule has 148 valence electrons. The summed E-state index contributed by atoms with van der Waals surface area (Å²) in [6, 6.07) is 9.49. The molecule has 7 heteroatoms. The van der Waals surface area contributed by atoms with Gasteiger partial charge in [-0.15, -0.1) is 5.10 Å². The molecule has 1 aliphatic carbocycles. The zero-order valence-electron chi connectivity index (χ0n) is 16.5. The molecule has 0 bridgehead atoms. The Bertz CT molecular complexity index is 1000. The van der Waals surface area contributed by atoms with Crippen LogP contribution in [0.4, 0.5) is 0 Å². The molecule has 0 unspecified atom stereocenters. The van der Waals surface area contributed by atoms with Crippen LogP contribution in [0, 0.1) is 5.41 Å². The van der Waals surface area contributed by atoms with Crippen LogP contribution in [0.25, 0.3) is 10.9 Å². The van der Waals surface area contributed by atoms with Crippen LogP contribution in [0.2, 0.25) is 0 Å². The molecular formula is C21H27N5O2. The normalized spacial score (nSPS) is 15.8. The van der Waals surface area contributed by atoms with Crippen molar-refractivity contribution in [1.29, 1.82) is 0 Å². The van der Waals surface area contributed by atoms with Gasteiger partial charge >= 0.3 is 0 Å². The minimum atomic E-state index is -0.110. The van der Waals surface area contributed by atoms with E-state index in [9.17, 15) is 4.79 Å². The maximum atomic E-state index is 11.4. The number of tetrazole rings is 1. The van der Waals surface area contributed by atoms with E-state index in [0.717, 1.165) is 41.7 Å². The van der Waals surface area contributed by atoms with Crippen molar-refractivity contribution in [2.24, 2.45) is 5.41 Å². The highest BCUT2D eigenvalue weighted by atomic mass is 16.5. The van der Waals surface area contributed by atoms with E-state index in [-0.39, 0.29) is 11.0 Å². The number of H-pyrrole nitrogens is 1. The van der Waals surface area contributed by atoms with Crippen molar-refractivity contribution in [2.75, 3.05) is 6.61 Å². The Morgan fingerprint density at radius 3 is 2.82 bits per heavy atom. The van der Waals surface area contributed by atoms with Crippen molar-refractivity contribution in [3.63, 3.8) is 0 Å². The molecule has 0 atom stereocenters. The van der Waals surface area contributed by atoms with Gasteiger partial charge in [0.15, 0.2) is 5.82 Å². The van der Waals surface area contributed by atoms with Gasteiger partial charge in [0.1, 0.15) is 5.75 Å². The molecule has 0 spiro atoms. The van der Waals surface area contributed by atoms with Crippen LogP contribution < -0.4 is 10.3 Å². The topological polar surface area (TPSA) is 85.7 Å². The van der Waals surface area contributed by atoms with Crippen LogP contribution in [0.5, 0.6) is 5.75 Å². The lowest BCUT2D eigenvalue weighted by Gasteiger charge is -2.27. The van der Waals surface area contributed by atoms with Crippen molar-refractivity contribution in [3.05, 3.63) is 46.5 Å². The van der Waals surface area contributed by atoms with Gasteiger partial charge in [0.25, 0.3) is 0 Å². The monoisotopic (exact) mass is 381 g/mol. The number of ether oxygens (including phenoxy) is 1. The fraction of sp³-hybridized carbons (Fsp3) is 0.524. The van der Waals surface area contributed by atoms with Gasteiger partial charge in [0.05, 0.1) is 12.6 Å².